The summed E-state index contributed by atoms with van der Waals surface area (Å²) in [4.78, 5) is 14.6. The third kappa shape index (κ3) is 2.30. The average molecular weight is 244 g/mol. The van der Waals surface area contributed by atoms with Crippen molar-refractivity contribution in [2.75, 3.05) is 0 Å². The fraction of sp³-hybridized carbons (Fsp3) is 0. The molecule has 2 rings (SSSR count). The van der Waals surface area contributed by atoms with Gasteiger partial charge in [-0.1, -0.05) is 18.4 Å². The summed E-state index contributed by atoms with van der Waals surface area (Å²) in [6, 6.07) is 7.81. The van der Waals surface area contributed by atoms with Crippen molar-refractivity contribution in [3.8, 4) is 21.6 Å². The first-order chi connectivity index (χ1) is 7.83. The number of carbonyl (C=O) groups is 1. The van der Waals surface area contributed by atoms with Crippen molar-refractivity contribution >= 4 is 29.0 Å². The second-order valence-electron chi connectivity index (χ2n) is 2.96. The first kappa shape index (κ1) is 10.9. The normalized spacial score (nSPS) is 9.25. The van der Waals surface area contributed by atoms with Crippen molar-refractivity contribution < 1.29 is 4.79 Å². The Morgan fingerprint density at radius 3 is 2.56 bits per heavy atom. The topological polar surface area (TPSA) is 17.1 Å². The predicted molar refractivity (Wildman–Crippen MR) is 70.1 cm³/mol. The molecule has 0 aliphatic heterocycles. The lowest BCUT2D eigenvalue weighted by molar-refractivity contribution is 0.112. The van der Waals surface area contributed by atoms with Crippen molar-refractivity contribution in [2.24, 2.45) is 0 Å². The average Bonchev–Trinajstić information content (AvgIpc) is 2.94. The molecule has 0 aliphatic carbocycles. The van der Waals surface area contributed by atoms with Crippen molar-refractivity contribution in [3.63, 3.8) is 0 Å². The lowest BCUT2D eigenvalue weighted by Gasteiger charge is -1.86. The zero-order valence-corrected chi connectivity index (χ0v) is 10.0. The van der Waals surface area contributed by atoms with Crippen LogP contribution < -0.4 is 0 Å². The van der Waals surface area contributed by atoms with Gasteiger partial charge < -0.3 is 0 Å². The molecular formula is C13H8OS2. The van der Waals surface area contributed by atoms with Crippen LogP contribution in [0.3, 0.4) is 0 Å². The van der Waals surface area contributed by atoms with E-state index < -0.39 is 0 Å². The lowest BCUT2D eigenvalue weighted by atomic mass is 10.3. The van der Waals surface area contributed by atoms with Crippen LogP contribution in [0.15, 0.2) is 36.9 Å². The van der Waals surface area contributed by atoms with Gasteiger partial charge in [0.25, 0.3) is 0 Å². The van der Waals surface area contributed by atoms with E-state index in [9.17, 15) is 4.79 Å². The van der Waals surface area contributed by atoms with E-state index in [1.165, 1.54) is 11.3 Å². The van der Waals surface area contributed by atoms with Crippen LogP contribution in [-0.2, 0) is 0 Å². The summed E-state index contributed by atoms with van der Waals surface area (Å²) in [6.45, 7) is 3.55. The van der Waals surface area contributed by atoms with Crippen LogP contribution in [0.1, 0.15) is 14.5 Å². The standard InChI is InChI=1S/C13H8OS2/c1-2-3-4-10-5-7-12(15-10)13-8-6-11(9-14)16-13/h2,5-9H,1H2. The van der Waals surface area contributed by atoms with Gasteiger partial charge in [-0.15, -0.1) is 22.7 Å². The fourth-order valence-electron chi connectivity index (χ4n) is 1.21. The van der Waals surface area contributed by atoms with Gasteiger partial charge in [0.05, 0.1) is 9.75 Å². The Morgan fingerprint density at radius 2 is 1.88 bits per heavy atom. The summed E-state index contributed by atoms with van der Waals surface area (Å²) in [6.07, 6.45) is 2.45. The van der Waals surface area contributed by atoms with Crippen LogP contribution in [-0.4, -0.2) is 6.29 Å². The van der Waals surface area contributed by atoms with Gasteiger partial charge in [-0.05, 0) is 30.3 Å². The van der Waals surface area contributed by atoms with E-state index in [1.807, 2.05) is 24.3 Å². The summed E-state index contributed by atoms with van der Waals surface area (Å²) < 4.78 is 0. The first-order valence-electron chi connectivity index (χ1n) is 4.61. The molecule has 0 amide bonds. The Labute approximate surface area is 102 Å². The van der Waals surface area contributed by atoms with Crippen molar-refractivity contribution in [2.45, 2.75) is 0 Å². The van der Waals surface area contributed by atoms with Crippen LogP contribution in [0.2, 0.25) is 0 Å². The molecule has 0 N–H and O–H groups in total. The van der Waals surface area contributed by atoms with Crippen molar-refractivity contribution in [1.29, 1.82) is 0 Å². The molecule has 0 saturated carbocycles. The van der Waals surface area contributed by atoms with Gasteiger partial charge in [0.15, 0.2) is 6.29 Å². The van der Waals surface area contributed by atoms with Gasteiger partial charge >= 0.3 is 0 Å². The van der Waals surface area contributed by atoms with Gasteiger partial charge in [0.2, 0.25) is 0 Å². The second-order valence-corrected chi connectivity index (χ2v) is 5.16. The number of allylic oxidation sites excluding steroid dienone is 1. The van der Waals surface area contributed by atoms with Crippen molar-refractivity contribution in [1.82, 2.24) is 0 Å². The third-order valence-electron chi connectivity index (χ3n) is 1.89. The molecule has 0 atom stereocenters. The number of thiophene rings is 2. The Balaban J connectivity index is 2.30. The maximum absolute atomic E-state index is 10.6. The summed E-state index contributed by atoms with van der Waals surface area (Å²) in [5.74, 6) is 5.81. The molecule has 2 heterocycles. The molecular weight excluding hydrogens is 236 g/mol. The summed E-state index contributed by atoms with van der Waals surface area (Å²) in [5.41, 5.74) is 0. The molecule has 3 heteroatoms. The van der Waals surface area contributed by atoms with Crippen molar-refractivity contribution in [3.05, 3.63) is 46.7 Å². The van der Waals surface area contributed by atoms with E-state index in [2.05, 4.69) is 18.4 Å². The Kier molecular flexibility index (Phi) is 3.35. The molecule has 0 aromatic carbocycles. The summed E-state index contributed by atoms with van der Waals surface area (Å²) in [5, 5.41) is 0. The molecule has 2 aromatic rings. The van der Waals surface area contributed by atoms with Gasteiger partial charge in [0, 0.05) is 9.75 Å². The highest BCUT2D eigenvalue weighted by Crippen LogP contribution is 2.32. The van der Waals surface area contributed by atoms with E-state index in [4.69, 9.17) is 0 Å². The summed E-state index contributed by atoms with van der Waals surface area (Å²) >= 11 is 3.12. The van der Waals surface area contributed by atoms with Gasteiger partial charge in [-0.3, -0.25) is 4.79 Å². The molecule has 0 aliphatic rings. The molecule has 0 radical (unpaired) electrons. The molecule has 0 spiro atoms. The van der Waals surface area contributed by atoms with Gasteiger partial charge in [-0.2, -0.15) is 0 Å². The van der Waals surface area contributed by atoms with Crippen LogP contribution in [0.4, 0.5) is 0 Å². The fourth-order valence-corrected chi connectivity index (χ4v) is 2.99. The lowest BCUT2D eigenvalue weighted by Crippen LogP contribution is -1.62. The highest BCUT2D eigenvalue weighted by atomic mass is 32.1. The molecule has 2 aromatic heterocycles. The van der Waals surface area contributed by atoms with Crippen LogP contribution >= 0.6 is 22.7 Å². The van der Waals surface area contributed by atoms with E-state index in [0.717, 1.165) is 25.8 Å². The van der Waals surface area contributed by atoms with E-state index in [-0.39, 0.29) is 0 Å². The minimum Gasteiger partial charge on any atom is -0.297 e. The number of aldehydes is 1. The van der Waals surface area contributed by atoms with E-state index >= 15 is 0 Å². The number of carbonyl (C=O) groups excluding carboxylic acids is 1. The van der Waals surface area contributed by atoms with E-state index in [1.54, 1.807) is 17.4 Å². The SMILES string of the molecule is C=CC#Cc1ccc(-c2ccc(C=O)s2)s1. The number of rotatable bonds is 2. The summed E-state index contributed by atoms with van der Waals surface area (Å²) in [7, 11) is 0. The highest BCUT2D eigenvalue weighted by Gasteiger charge is 2.04. The third-order valence-corrected chi connectivity index (χ3v) is 4.10. The van der Waals surface area contributed by atoms with Gasteiger partial charge in [0.1, 0.15) is 0 Å². The zero-order valence-electron chi connectivity index (χ0n) is 8.40. The Bertz CT molecular complexity index is 578. The molecule has 0 fully saturated rings. The quantitative estimate of drug-likeness (QED) is 0.579. The zero-order chi connectivity index (χ0) is 11.4. The number of hydrogen-bond acceptors (Lipinski definition) is 3. The minimum absolute atomic E-state index is 0.752. The predicted octanol–water partition coefficient (Wildman–Crippen LogP) is 3.83. The maximum atomic E-state index is 10.6. The maximum Gasteiger partial charge on any atom is 0.160 e. The van der Waals surface area contributed by atoms with Crippen LogP contribution in [0.25, 0.3) is 9.75 Å². The molecule has 1 nitrogen and oxygen atoms in total. The van der Waals surface area contributed by atoms with Gasteiger partial charge in [-0.25, -0.2) is 0 Å². The first-order valence-corrected chi connectivity index (χ1v) is 6.24. The Morgan fingerprint density at radius 1 is 1.12 bits per heavy atom. The largest absolute Gasteiger partial charge is 0.297 e. The Hall–Kier alpha value is -1.63. The molecule has 0 unspecified atom stereocenters. The smallest absolute Gasteiger partial charge is 0.160 e. The molecule has 0 bridgehead atoms. The molecule has 16 heavy (non-hydrogen) atoms. The minimum atomic E-state index is 0.752. The molecule has 0 saturated heterocycles. The highest BCUT2D eigenvalue weighted by molar-refractivity contribution is 7.23. The van der Waals surface area contributed by atoms with Crippen LogP contribution in [0.5, 0.6) is 0 Å². The second kappa shape index (κ2) is 4.93. The van der Waals surface area contributed by atoms with Crippen LogP contribution in [0, 0.1) is 11.8 Å². The van der Waals surface area contributed by atoms with E-state index in [0.29, 0.717) is 0 Å². The number of hydrogen-bond donors (Lipinski definition) is 0. The molecule has 78 valence electrons. The monoisotopic (exact) mass is 244 g/mol.